The molecular formula is C13H11BrS. The molecule has 0 atom stereocenters. The first-order valence-electron chi connectivity index (χ1n) is 4.77. The Bertz CT molecular complexity index is 426. The molecule has 0 saturated carbocycles. The number of halogens is 1. The van der Waals surface area contributed by atoms with Crippen LogP contribution in [0, 0.1) is 0 Å². The zero-order valence-electron chi connectivity index (χ0n) is 8.19. The molecule has 0 saturated heterocycles. The van der Waals surface area contributed by atoms with Crippen molar-refractivity contribution in [1.82, 2.24) is 0 Å². The minimum atomic E-state index is 1.02. The zero-order chi connectivity index (χ0) is 10.5. The first-order chi connectivity index (χ1) is 7.34. The van der Waals surface area contributed by atoms with Gasteiger partial charge < -0.3 is 0 Å². The van der Waals surface area contributed by atoms with Crippen molar-refractivity contribution in [2.75, 3.05) is 0 Å². The first-order valence-corrected chi connectivity index (χ1v) is 6.55. The maximum absolute atomic E-state index is 3.48. The molecule has 2 heteroatoms. The highest BCUT2D eigenvalue weighted by molar-refractivity contribution is 9.10. The van der Waals surface area contributed by atoms with Crippen molar-refractivity contribution >= 4 is 27.7 Å². The molecule has 2 aromatic carbocycles. The van der Waals surface area contributed by atoms with Gasteiger partial charge in [-0.1, -0.05) is 46.3 Å². The Morgan fingerprint density at radius 2 is 1.73 bits per heavy atom. The summed E-state index contributed by atoms with van der Waals surface area (Å²) in [6, 6.07) is 18.9. The van der Waals surface area contributed by atoms with Crippen LogP contribution in [0.1, 0.15) is 5.56 Å². The summed E-state index contributed by atoms with van der Waals surface area (Å²) >= 11 is 5.34. The van der Waals surface area contributed by atoms with Gasteiger partial charge >= 0.3 is 0 Å². The molecule has 76 valence electrons. The van der Waals surface area contributed by atoms with Crippen LogP contribution in [0.4, 0.5) is 0 Å². The van der Waals surface area contributed by atoms with E-state index in [4.69, 9.17) is 0 Å². The van der Waals surface area contributed by atoms with Crippen LogP contribution >= 0.6 is 27.7 Å². The van der Waals surface area contributed by atoms with Gasteiger partial charge in [-0.05, 0) is 29.8 Å². The highest BCUT2D eigenvalue weighted by Crippen LogP contribution is 2.23. The van der Waals surface area contributed by atoms with Gasteiger partial charge in [-0.15, -0.1) is 11.8 Å². The Hall–Kier alpha value is -0.730. The van der Waals surface area contributed by atoms with E-state index in [0.29, 0.717) is 0 Å². The highest BCUT2D eigenvalue weighted by Gasteiger charge is 1.96. The predicted molar refractivity (Wildman–Crippen MR) is 70.1 cm³/mol. The molecule has 0 radical (unpaired) electrons. The standard InChI is InChI=1S/C13H11BrS/c14-12-6-4-5-11(9-12)10-15-13-7-2-1-3-8-13/h1-9H,10H2. The Morgan fingerprint density at radius 1 is 0.933 bits per heavy atom. The van der Waals surface area contributed by atoms with E-state index in [1.54, 1.807) is 0 Å². The number of hydrogen-bond acceptors (Lipinski definition) is 1. The molecule has 0 N–H and O–H groups in total. The lowest BCUT2D eigenvalue weighted by Gasteiger charge is -2.02. The summed E-state index contributed by atoms with van der Waals surface area (Å²) in [5, 5.41) is 0. The van der Waals surface area contributed by atoms with Crippen molar-refractivity contribution in [3.05, 3.63) is 64.6 Å². The Morgan fingerprint density at radius 3 is 2.47 bits per heavy atom. The maximum Gasteiger partial charge on any atom is 0.0232 e. The predicted octanol–water partition coefficient (Wildman–Crippen LogP) is 4.74. The Labute approximate surface area is 103 Å². The molecule has 0 heterocycles. The monoisotopic (exact) mass is 278 g/mol. The highest BCUT2D eigenvalue weighted by atomic mass is 79.9. The fourth-order valence-electron chi connectivity index (χ4n) is 1.31. The average Bonchev–Trinajstić information content (AvgIpc) is 2.28. The van der Waals surface area contributed by atoms with Gasteiger partial charge in [0.05, 0.1) is 0 Å². The van der Waals surface area contributed by atoms with Gasteiger partial charge in [-0.2, -0.15) is 0 Å². The Kier molecular flexibility index (Phi) is 3.87. The third-order valence-corrected chi connectivity index (χ3v) is 3.61. The van der Waals surface area contributed by atoms with Crippen molar-refractivity contribution in [3.63, 3.8) is 0 Å². The second-order valence-corrected chi connectivity index (χ2v) is 5.20. The molecular weight excluding hydrogens is 268 g/mol. The summed E-state index contributed by atoms with van der Waals surface area (Å²) < 4.78 is 1.15. The molecule has 0 fully saturated rings. The molecule has 0 aliphatic rings. The van der Waals surface area contributed by atoms with Crippen LogP contribution in [-0.4, -0.2) is 0 Å². The van der Waals surface area contributed by atoms with E-state index in [1.165, 1.54) is 10.5 Å². The smallest absolute Gasteiger partial charge is 0.0232 e. The lowest BCUT2D eigenvalue weighted by molar-refractivity contribution is 1.37. The summed E-state index contributed by atoms with van der Waals surface area (Å²) in [5.41, 5.74) is 1.35. The summed E-state index contributed by atoms with van der Waals surface area (Å²) in [4.78, 5) is 1.32. The molecule has 2 aromatic rings. The lowest BCUT2D eigenvalue weighted by atomic mass is 10.2. The second kappa shape index (κ2) is 5.38. The molecule has 15 heavy (non-hydrogen) atoms. The molecule has 0 bridgehead atoms. The first kappa shape index (κ1) is 10.8. The van der Waals surface area contributed by atoms with Gasteiger partial charge in [-0.3, -0.25) is 0 Å². The summed E-state index contributed by atoms with van der Waals surface area (Å²) in [6.45, 7) is 0. The van der Waals surface area contributed by atoms with Crippen LogP contribution < -0.4 is 0 Å². The molecule has 0 nitrogen and oxygen atoms in total. The largest absolute Gasteiger partial charge is 0.121 e. The fourth-order valence-corrected chi connectivity index (χ4v) is 2.62. The normalized spacial score (nSPS) is 10.2. The topological polar surface area (TPSA) is 0 Å². The van der Waals surface area contributed by atoms with Gasteiger partial charge in [0.25, 0.3) is 0 Å². The van der Waals surface area contributed by atoms with Crippen LogP contribution in [0.15, 0.2) is 64.0 Å². The number of thioether (sulfide) groups is 1. The van der Waals surface area contributed by atoms with E-state index in [0.717, 1.165) is 10.2 Å². The summed E-state index contributed by atoms with van der Waals surface area (Å²) in [7, 11) is 0. The van der Waals surface area contributed by atoms with E-state index in [9.17, 15) is 0 Å². The quantitative estimate of drug-likeness (QED) is 0.731. The van der Waals surface area contributed by atoms with E-state index in [1.807, 2.05) is 17.8 Å². The van der Waals surface area contributed by atoms with Crippen molar-refractivity contribution in [3.8, 4) is 0 Å². The van der Waals surface area contributed by atoms with Gasteiger partial charge in [0.1, 0.15) is 0 Å². The van der Waals surface area contributed by atoms with Crippen molar-refractivity contribution in [2.45, 2.75) is 10.6 Å². The van der Waals surface area contributed by atoms with E-state index >= 15 is 0 Å². The maximum atomic E-state index is 3.48. The van der Waals surface area contributed by atoms with Crippen LogP contribution in [0.2, 0.25) is 0 Å². The van der Waals surface area contributed by atoms with E-state index in [-0.39, 0.29) is 0 Å². The van der Waals surface area contributed by atoms with Crippen molar-refractivity contribution < 1.29 is 0 Å². The molecule has 0 aliphatic heterocycles. The third-order valence-electron chi connectivity index (χ3n) is 2.04. The minimum absolute atomic E-state index is 1.02. The molecule has 0 amide bonds. The fraction of sp³-hybridized carbons (Fsp3) is 0.0769. The molecule has 0 spiro atoms. The number of rotatable bonds is 3. The summed E-state index contributed by atoms with van der Waals surface area (Å²) in [5.74, 6) is 1.02. The average molecular weight is 279 g/mol. The number of hydrogen-bond donors (Lipinski definition) is 0. The van der Waals surface area contributed by atoms with Crippen LogP contribution in [0.25, 0.3) is 0 Å². The van der Waals surface area contributed by atoms with E-state index in [2.05, 4.69) is 64.5 Å². The molecule has 0 unspecified atom stereocenters. The van der Waals surface area contributed by atoms with E-state index < -0.39 is 0 Å². The van der Waals surface area contributed by atoms with Crippen LogP contribution in [0.5, 0.6) is 0 Å². The van der Waals surface area contributed by atoms with Gasteiger partial charge in [0, 0.05) is 15.1 Å². The second-order valence-electron chi connectivity index (χ2n) is 3.23. The zero-order valence-corrected chi connectivity index (χ0v) is 10.6. The van der Waals surface area contributed by atoms with Gasteiger partial charge in [0.15, 0.2) is 0 Å². The lowest BCUT2D eigenvalue weighted by Crippen LogP contribution is -1.79. The molecule has 0 aliphatic carbocycles. The van der Waals surface area contributed by atoms with Gasteiger partial charge in [0.2, 0.25) is 0 Å². The Balaban J connectivity index is 1.99. The molecule has 2 rings (SSSR count). The van der Waals surface area contributed by atoms with Crippen molar-refractivity contribution in [1.29, 1.82) is 0 Å². The number of benzene rings is 2. The summed E-state index contributed by atoms with van der Waals surface area (Å²) in [6.07, 6.45) is 0. The van der Waals surface area contributed by atoms with Crippen LogP contribution in [0.3, 0.4) is 0 Å². The SMILES string of the molecule is Brc1cccc(CSc2ccccc2)c1. The van der Waals surface area contributed by atoms with Crippen LogP contribution in [-0.2, 0) is 5.75 Å². The van der Waals surface area contributed by atoms with Crippen molar-refractivity contribution in [2.24, 2.45) is 0 Å². The third kappa shape index (κ3) is 3.40. The molecule has 0 aromatic heterocycles. The minimum Gasteiger partial charge on any atom is -0.121 e. The van der Waals surface area contributed by atoms with Gasteiger partial charge in [-0.25, -0.2) is 0 Å².